The maximum Gasteiger partial charge on any atom is 0.176 e. The van der Waals surface area contributed by atoms with Gasteiger partial charge in [0.15, 0.2) is 11.3 Å². The van der Waals surface area contributed by atoms with Crippen molar-refractivity contribution < 1.29 is 13.6 Å². The molecule has 1 saturated heterocycles. The minimum Gasteiger partial charge on any atom is -0.492 e. The fourth-order valence-corrected chi connectivity index (χ4v) is 3.14. The zero-order valence-electron chi connectivity index (χ0n) is 12.0. The summed E-state index contributed by atoms with van der Waals surface area (Å²) in [6.45, 7) is 5.03. The first-order valence-electron chi connectivity index (χ1n) is 7.25. The second-order valence-corrected chi connectivity index (χ2v) is 5.36. The summed E-state index contributed by atoms with van der Waals surface area (Å²) in [5.74, 6) is 0.753. The molecule has 3 heterocycles. The van der Waals surface area contributed by atoms with Gasteiger partial charge in [0.25, 0.3) is 0 Å². The van der Waals surface area contributed by atoms with E-state index in [-0.39, 0.29) is 0 Å². The van der Waals surface area contributed by atoms with Gasteiger partial charge in [-0.25, -0.2) is 0 Å². The van der Waals surface area contributed by atoms with Gasteiger partial charge in [0, 0.05) is 43.7 Å². The van der Waals surface area contributed by atoms with E-state index in [0.717, 1.165) is 60.4 Å². The zero-order valence-corrected chi connectivity index (χ0v) is 12.0. The standard InChI is InChI=1S/C16H18N2O3/c1-19-15-12-3-9-20-14(12)13(11-2-8-21-16(11)15)10-18-6-4-17-5-7-18/h2-3,8-9,17H,4-7,10H2,1H3. The quantitative estimate of drug-likeness (QED) is 0.802. The molecule has 0 bridgehead atoms. The van der Waals surface area contributed by atoms with E-state index in [9.17, 15) is 0 Å². The maximum atomic E-state index is 5.75. The van der Waals surface area contributed by atoms with Crippen LogP contribution in [0.3, 0.4) is 0 Å². The lowest BCUT2D eigenvalue weighted by Gasteiger charge is -2.27. The first kappa shape index (κ1) is 12.7. The SMILES string of the molecule is COc1c2ccoc2c(CN2CCNCC2)c2ccoc12. The fraction of sp³-hybridized carbons (Fsp3) is 0.375. The molecule has 5 heteroatoms. The summed E-state index contributed by atoms with van der Waals surface area (Å²) in [6.07, 6.45) is 3.43. The van der Waals surface area contributed by atoms with Gasteiger partial charge in [-0.1, -0.05) is 0 Å². The Labute approximate surface area is 122 Å². The molecule has 0 spiro atoms. The predicted molar refractivity (Wildman–Crippen MR) is 80.7 cm³/mol. The van der Waals surface area contributed by atoms with Crippen molar-refractivity contribution in [1.29, 1.82) is 0 Å². The Morgan fingerprint density at radius 1 is 1.10 bits per heavy atom. The van der Waals surface area contributed by atoms with Gasteiger partial charge in [-0.2, -0.15) is 0 Å². The molecule has 3 aromatic rings. The first-order chi connectivity index (χ1) is 10.4. The zero-order chi connectivity index (χ0) is 14.2. The maximum absolute atomic E-state index is 5.75. The van der Waals surface area contributed by atoms with Crippen molar-refractivity contribution in [2.45, 2.75) is 6.54 Å². The molecule has 0 atom stereocenters. The van der Waals surface area contributed by atoms with Crippen LogP contribution < -0.4 is 10.1 Å². The van der Waals surface area contributed by atoms with E-state index in [2.05, 4.69) is 10.2 Å². The molecule has 4 rings (SSSR count). The van der Waals surface area contributed by atoms with Gasteiger partial charge in [0.1, 0.15) is 5.58 Å². The van der Waals surface area contributed by atoms with Crippen LogP contribution in [0.1, 0.15) is 5.56 Å². The summed E-state index contributed by atoms with van der Waals surface area (Å²) >= 11 is 0. The van der Waals surface area contributed by atoms with Crippen molar-refractivity contribution in [3.8, 4) is 5.75 Å². The van der Waals surface area contributed by atoms with Crippen molar-refractivity contribution in [3.63, 3.8) is 0 Å². The Hall–Kier alpha value is -1.98. The molecule has 5 nitrogen and oxygen atoms in total. The molecule has 1 fully saturated rings. The topological polar surface area (TPSA) is 50.8 Å². The number of furan rings is 2. The number of ether oxygens (including phenoxy) is 1. The van der Waals surface area contributed by atoms with E-state index in [4.69, 9.17) is 13.6 Å². The normalized spacial score (nSPS) is 16.8. The van der Waals surface area contributed by atoms with E-state index in [1.54, 1.807) is 19.6 Å². The van der Waals surface area contributed by atoms with Crippen molar-refractivity contribution in [3.05, 3.63) is 30.2 Å². The van der Waals surface area contributed by atoms with Crippen molar-refractivity contribution >= 4 is 21.9 Å². The molecule has 1 aliphatic rings. The molecule has 0 unspecified atom stereocenters. The van der Waals surface area contributed by atoms with E-state index in [1.807, 2.05) is 12.1 Å². The number of hydrogen-bond donors (Lipinski definition) is 1. The molecule has 0 saturated carbocycles. The monoisotopic (exact) mass is 286 g/mol. The van der Waals surface area contributed by atoms with E-state index < -0.39 is 0 Å². The van der Waals surface area contributed by atoms with Crippen LogP contribution in [0.15, 0.2) is 33.5 Å². The van der Waals surface area contributed by atoms with E-state index in [1.165, 1.54) is 5.56 Å². The molecular weight excluding hydrogens is 268 g/mol. The Balaban J connectivity index is 1.88. The van der Waals surface area contributed by atoms with Crippen LogP contribution in [-0.4, -0.2) is 38.2 Å². The van der Waals surface area contributed by atoms with Crippen molar-refractivity contribution in [1.82, 2.24) is 10.2 Å². The summed E-state index contributed by atoms with van der Waals surface area (Å²) in [7, 11) is 1.67. The lowest BCUT2D eigenvalue weighted by molar-refractivity contribution is 0.234. The third-order valence-electron chi connectivity index (χ3n) is 4.18. The highest BCUT2D eigenvalue weighted by Crippen LogP contribution is 2.39. The number of nitrogens with one attached hydrogen (secondary N) is 1. The van der Waals surface area contributed by atoms with Gasteiger partial charge in [0.2, 0.25) is 0 Å². The lowest BCUT2D eigenvalue weighted by atomic mass is 10.1. The minimum atomic E-state index is 0.753. The van der Waals surface area contributed by atoms with Crippen molar-refractivity contribution in [2.24, 2.45) is 0 Å². The number of benzene rings is 1. The second-order valence-electron chi connectivity index (χ2n) is 5.36. The van der Waals surface area contributed by atoms with Crippen molar-refractivity contribution in [2.75, 3.05) is 33.3 Å². The predicted octanol–water partition coefficient (Wildman–Crippen LogP) is 2.59. The fourth-order valence-electron chi connectivity index (χ4n) is 3.14. The molecule has 1 aliphatic heterocycles. The highest BCUT2D eigenvalue weighted by molar-refractivity contribution is 6.04. The minimum absolute atomic E-state index is 0.753. The number of fused-ring (bicyclic) bond motifs is 2. The summed E-state index contributed by atoms with van der Waals surface area (Å²) in [4.78, 5) is 2.44. The molecule has 0 aliphatic carbocycles. The average molecular weight is 286 g/mol. The average Bonchev–Trinajstić information content (AvgIpc) is 3.17. The van der Waals surface area contributed by atoms with Gasteiger partial charge in [-0.15, -0.1) is 0 Å². The Morgan fingerprint density at radius 2 is 1.81 bits per heavy atom. The molecule has 110 valence electrons. The van der Waals surface area contributed by atoms with Crippen LogP contribution in [0.2, 0.25) is 0 Å². The molecule has 2 aromatic heterocycles. The van der Waals surface area contributed by atoms with Crippen LogP contribution >= 0.6 is 0 Å². The smallest absolute Gasteiger partial charge is 0.176 e. The number of piperazine rings is 1. The van der Waals surface area contributed by atoms with Crippen LogP contribution in [0.4, 0.5) is 0 Å². The Morgan fingerprint density at radius 3 is 2.57 bits per heavy atom. The van der Waals surface area contributed by atoms with Gasteiger partial charge >= 0.3 is 0 Å². The molecule has 1 N–H and O–H groups in total. The van der Waals surface area contributed by atoms with Gasteiger partial charge in [-0.05, 0) is 12.1 Å². The Bertz CT molecular complexity index is 717. The van der Waals surface area contributed by atoms with E-state index >= 15 is 0 Å². The highest BCUT2D eigenvalue weighted by atomic mass is 16.5. The van der Waals surface area contributed by atoms with Crippen LogP contribution in [0.25, 0.3) is 21.9 Å². The van der Waals surface area contributed by atoms with E-state index in [0.29, 0.717) is 0 Å². The largest absolute Gasteiger partial charge is 0.492 e. The molecule has 1 aromatic carbocycles. The summed E-state index contributed by atoms with van der Waals surface area (Å²) in [5, 5.41) is 5.43. The first-order valence-corrected chi connectivity index (χ1v) is 7.25. The highest BCUT2D eigenvalue weighted by Gasteiger charge is 2.21. The number of hydrogen-bond acceptors (Lipinski definition) is 5. The summed E-state index contributed by atoms with van der Waals surface area (Å²) in [6, 6.07) is 3.94. The van der Waals surface area contributed by atoms with Crippen LogP contribution in [0, 0.1) is 0 Å². The van der Waals surface area contributed by atoms with Gasteiger partial charge in [-0.3, -0.25) is 4.90 Å². The number of rotatable bonds is 3. The third kappa shape index (κ3) is 2.01. The van der Waals surface area contributed by atoms with Gasteiger partial charge in [0.05, 0.1) is 25.0 Å². The molecule has 21 heavy (non-hydrogen) atoms. The van der Waals surface area contributed by atoms with Gasteiger partial charge < -0.3 is 18.9 Å². The summed E-state index contributed by atoms with van der Waals surface area (Å²) in [5.41, 5.74) is 2.89. The molecular formula is C16H18N2O3. The third-order valence-corrected chi connectivity index (χ3v) is 4.18. The second kappa shape index (κ2) is 5.09. The number of nitrogens with zero attached hydrogens (tertiary/aromatic N) is 1. The molecule has 0 radical (unpaired) electrons. The van der Waals surface area contributed by atoms with Crippen LogP contribution in [0.5, 0.6) is 5.75 Å². The Kier molecular flexibility index (Phi) is 3.09. The molecule has 0 amide bonds. The summed E-state index contributed by atoms with van der Waals surface area (Å²) < 4.78 is 16.9. The number of methoxy groups -OCH3 is 1. The van der Waals surface area contributed by atoms with Crippen LogP contribution in [-0.2, 0) is 6.54 Å². The lowest BCUT2D eigenvalue weighted by Crippen LogP contribution is -2.42.